The zero-order valence-corrected chi connectivity index (χ0v) is 13.5. The summed E-state index contributed by atoms with van der Waals surface area (Å²) in [4.78, 5) is 27.9. The number of rotatable bonds is 7. The minimum absolute atomic E-state index is 0.0489. The second-order valence-electron chi connectivity index (χ2n) is 5.34. The van der Waals surface area contributed by atoms with Gasteiger partial charge in [0.15, 0.2) is 0 Å². The van der Waals surface area contributed by atoms with Crippen molar-refractivity contribution in [2.24, 2.45) is 0 Å². The van der Waals surface area contributed by atoms with E-state index in [9.17, 15) is 9.59 Å². The molecule has 0 bridgehead atoms. The van der Waals surface area contributed by atoms with E-state index in [-0.39, 0.29) is 24.3 Å². The van der Waals surface area contributed by atoms with E-state index in [4.69, 9.17) is 0 Å². The maximum atomic E-state index is 12.4. The van der Waals surface area contributed by atoms with Crippen LogP contribution in [0.25, 0.3) is 0 Å². The molecule has 1 aromatic carbocycles. The zero-order chi connectivity index (χ0) is 15.8. The Labute approximate surface area is 127 Å². The van der Waals surface area contributed by atoms with Crippen LogP contribution in [-0.2, 0) is 16.1 Å². The first-order chi connectivity index (χ1) is 9.99. The van der Waals surface area contributed by atoms with Gasteiger partial charge in [0.25, 0.3) is 0 Å². The topological polar surface area (TPSA) is 40.6 Å². The summed E-state index contributed by atoms with van der Waals surface area (Å²) in [6.07, 6.45) is -0.0489. The van der Waals surface area contributed by atoms with Crippen LogP contribution in [0.2, 0.25) is 0 Å². The molecule has 1 aromatic rings. The summed E-state index contributed by atoms with van der Waals surface area (Å²) in [5, 5.41) is 0. The van der Waals surface area contributed by atoms with E-state index < -0.39 is 0 Å². The smallest absolute Gasteiger partial charge is 0.232 e. The largest absolute Gasteiger partial charge is 0.343 e. The lowest BCUT2D eigenvalue weighted by molar-refractivity contribution is -0.141. The average molecular weight is 290 g/mol. The van der Waals surface area contributed by atoms with Crippen molar-refractivity contribution >= 4 is 11.8 Å². The van der Waals surface area contributed by atoms with Crippen molar-refractivity contribution < 1.29 is 9.59 Å². The Morgan fingerprint density at radius 3 is 2.05 bits per heavy atom. The quantitative estimate of drug-likeness (QED) is 0.724. The zero-order valence-electron chi connectivity index (χ0n) is 13.5. The molecule has 0 spiro atoms. The lowest BCUT2D eigenvalue weighted by Gasteiger charge is -2.28. The molecule has 0 aliphatic rings. The SMILES string of the molecule is CCN(CC)C(=O)CC(=O)N(Cc1ccccc1)C(C)C. The van der Waals surface area contributed by atoms with Crippen LogP contribution in [0.15, 0.2) is 30.3 Å². The van der Waals surface area contributed by atoms with Gasteiger partial charge in [0.05, 0.1) is 0 Å². The maximum absolute atomic E-state index is 12.4. The second-order valence-corrected chi connectivity index (χ2v) is 5.34. The monoisotopic (exact) mass is 290 g/mol. The van der Waals surface area contributed by atoms with Gasteiger partial charge in [-0.15, -0.1) is 0 Å². The predicted molar refractivity (Wildman–Crippen MR) is 84.7 cm³/mol. The first-order valence-electron chi connectivity index (χ1n) is 7.60. The summed E-state index contributed by atoms with van der Waals surface area (Å²) in [6.45, 7) is 9.63. The molecule has 0 saturated heterocycles. The van der Waals surface area contributed by atoms with Crippen molar-refractivity contribution in [3.05, 3.63) is 35.9 Å². The van der Waals surface area contributed by atoms with Gasteiger partial charge in [0.1, 0.15) is 6.42 Å². The minimum atomic E-state index is -0.106. The van der Waals surface area contributed by atoms with Crippen LogP contribution >= 0.6 is 0 Å². The highest BCUT2D eigenvalue weighted by atomic mass is 16.2. The van der Waals surface area contributed by atoms with Crippen molar-refractivity contribution in [1.82, 2.24) is 9.80 Å². The number of hydrogen-bond donors (Lipinski definition) is 0. The fourth-order valence-electron chi connectivity index (χ4n) is 2.26. The van der Waals surface area contributed by atoms with Gasteiger partial charge in [-0.2, -0.15) is 0 Å². The van der Waals surface area contributed by atoms with E-state index in [0.717, 1.165) is 5.56 Å². The van der Waals surface area contributed by atoms with Gasteiger partial charge < -0.3 is 9.80 Å². The molecule has 4 nitrogen and oxygen atoms in total. The molecule has 0 unspecified atom stereocenters. The van der Waals surface area contributed by atoms with Crippen LogP contribution in [0, 0.1) is 0 Å². The molecule has 0 saturated carbocycles. The molecule has 0 aromatic heterocycles. The molecule has 116 valence electrons. The highest BCUT2D eigenvalue weighted by Crippen LogP contribution is 2.10. The average Bonchev–Trinajstić information content (AvgIpc) is 2.46. The molecule has 4 heteroatoms. The van der Waals surface area contributed by atoms with Crippen LogP contribution in [-0.4, -0.2) is 40.7 Å². The molecule has 0 heterocycles. The van der Waals surface area contributed by atoms with E-state index in [1.54, 1.807) is 9.80 Å². The van der Waals surface area contributed by atoms with Crippen LogP contribution < -0.4 is 0 Å². The van der Waals surface area contributed by atoms with Gasteiger partial charge >= 0.3 is 0 Å². The number of nitrogens with zero attached hydrogens (tertiary/aromatic N) is 2. The molecule has 0 N–H and O–H groups in total. The van der Waals surface area contributed by atoms with Crippen molar-refractivity contribution in [2.45, 2.75) is 46.7 Å². The third-order valence-electron chi connectivity index (χ3n) is 3.56. The van der Waals surface area contributed by atoms with E-state index in [0.29, 0.717) is 19.6 Å². The van der Waals surface area contributed by atoms with Gasteiger partial charge in [-0.05, 0) is 33.3 Å². The first kappa shape index (κ1) is 17.2. The first-order valence-corrected chi connectivity index (χ1v) is 7.60. The Morgan fingerprint density at radius 1 is 1.00 bits per heavy atom. The van der Waals surface area contributed by atoms with E-state index in [1.165, 1.54) is 0 Å². The van der Waals surface area contributed by atoms with Crippen LogP contribution in [0.3, 0.4) is 0 Å². The number of hydrogen-bond acceptors (Lipinski definition) is 2. The maximum Gasteiger partial charge on any atom is 0.232 e. The Bertz CT molecular complexity index is 453. The van der Waals surface area contributed by atoms with Gasteiger partial charge in [-0.1, -0.05) is 30.3 Å². The molecule has 1 rings (SSSR count). The van der Waals surface area contributed by atoms with Crippen LogP contribution in [0.1, 0.15) is 39.7 Å². The Kier molecular flexibility index (Phi) is 6.92. The standard InChI is InChI=1S/C17H26N2O2/c1-5-18(6-2)16(20)12-17(21)19(14(3)4)13-15-10-8-7-9-11-15/h7-11,14H,5-6,12-13H2,1-4H3. The summed E-state index contributed by atoms with van der Waals surface area (Å²) >= 11 is 0. The van der Waals surface area contributed by atoms with E-state index >= 15 is 0 Å². The summed E-state index contributed by atoms with van der Waals surface area (Å²) in [6, 6.07) is 9.93. The van der Waals surface area contributed by atoms with Gasteiger partial charge in [-0.3, -0.25) is 9.59 Å². The molecule has 0 aliphatic heterocycles. The molecule has 0 radical (unpaired) electrons. The summed E-state index contributed by atoms with van der Waals surface area (Å²) in [5.74, 6) is -0.200. The second kappa shape index (κ2) is 8.45. The third-order valence-corrected chi connectivity index (χ3v) is 3.56. The summed E-state index contributed by atoms with van der Waals surface area (Å²) in [5.41, 5.74) is 1.08. The molecule has 0 aliphatic carbocycles. The molecular weight excluding hydrogens is 264 g/mol. The number of carbonyl (C=O) groups excluding carboxylic acids is 2. The number of carbonyl (C=O) groups is 2. The van der Waals surface area contributed by atoms with E-state index in [2.05, 4.69) is 0 Å². The highest BCUT2D eigenvalue weighted by Gasteiger charge is 2.22. The molecule has 0 atom stereocenters. The fourth-order valence-corrected chi connectivity index (χ4v) is 2.26. The number of benzene rings is 1. The van der Waals surface area contributed by atoms with E-state index in [1.807, 2.05) is 58.0 Å². The lowest BCUT2D eigenvalue weighted by atomic mass is 10.1. The Balaban J connectivity index is 2.72. The Morgan fingerprint density at radius 2 is 1.57 bits per heavy atom. The van der Waals surface area contributed by atoms with Crippen molar-refractivity contribution in [3.63, 3.8) is 0 Å². The molecule has 21 heavy (non-hydrogen) atoms. The fraction of sp³-hybridized carbons (Fsp3) is 0.529. The van der Waals surface area contributed by atoms with Crippen molar-refractivity contribution in [1.29, 1.82) is 0 Å². The Hall–Kier alpha value is -1.84. The summed E-state index contributed by atoms with van der Waals surface area (Å²) < 4.78 is 0. The van der Waals surface area contributed by atoms with Crippen LogP contribution in [0.5, 0.6) is 0 Å². The number of amides is 2. The van der Waals surface area contributed by atoms with Gasteiger partial charge in [0.2, 0.25) is 11.8 Å². The lowest BCUT2D eigenvalue weighted by Crippen LogP contribution is -2.40. The van der Waals surface area contributed by atoms with Gasteiger partial charge in [-0.25, -0.2) is 0 Å². The van der Waals surface area contributed by atoms with Crippen molar-refractivity contribution in [3.8, 4) is 0 Å². The molecular formula is C17H26N2O2. The van der Waals surface area contributed by atoms with Crippen molar-refractivity contribution in [2.75, 3.05) is 13.1 Å². The highest BCUT2D eigenvalue weighted by molar-refractivity contribution is 5.97. The third kappa shape index (κ3) is 5.21. The normalized spacial score (nSPS) is 10.5. The van der Waals surface area contributed by atoms with Crippen LogP contribution in [0.4, 0.5) is 0 Å². The molecule has 0 fully saturated rings. The molecule has 2 amide bonds. The predicted octanol–water partition coefficient (Wildman–Crippen LogP) is 2.68. The van der Waals surface area contributed by atoms with Gasteiger partial charge in [0, 0.05) is 25.7 Å². The summed E-state index contributed by atoms with van der Waals surface area (Å²) in [7, 11) is 0. The minimum Gasteiger partial charge on any atom is -0.343 e.